The van der Waals surface area contributed by atoms with Gasteiger partial charge in [-0.15, -0.1) is 0 Å². The quantitative estimate of drug-likeness (QED) is 0.662. The number of benzene rings is 1. The van der Waals surface area contributed by atoms with E-state index in [-0.39, 0.29) is 5.04 Å². The van der Waals surface area contributed by atoms with E-state index in [1.54, 1.807) is 0 Å². The molecule has 0 aromatic heterocycles. The van der Waals surface area contributed by atoms with Gasteiger partial charge in [-0.3, -0.25) is 0 Å². The minimum Gasteiger partial charge on any atom is -0.192 e. The van der Waals surface area contributed by atoms with E-state index < -0.39 is 8.07 Å². The lowest BCUT2D eigenvalue weighted by molar-refractivity contribution is 0.729. The lowest BCUT2D eigenvalue weighted by atomic mass is 10.2. The van der Waals surface area contributed by atoms with Crippen LogP contribution in [0, 0.1) is 11.3 Å². The number of rotatable bonds is 1. The molecule has 0 spiro atoms. The molecule has 0 atom stereocenters. The van der Waals surface area contributed by atoms with Crippen molar-refractivity contribution < 1.29 is 0 Å². The van der Waals surface area contributed by atoms with Gasteiger partial charge in [-0.1, -0.05) is 52.1 Å². The molecule has 0 fully saturated rings. The third kappa shape index (κ3) is 2.13. The summed E-state index contributed by atoms with van der Waals surface area (Å²) in [6, 6.07) is 10.3. The predicted octanol–water partition coefficient (Wildman–Crippen LogP) is 3.27. The van der Waals surface area contributed by atoms with Gasteiger partial charge in [0.05, 0.1) is 19.7 Å². The van der Waals surface area contributed by atoms with Gasteiger partial charge in [0.15, 0.2) is 0 Å². The maximum Gasteiger partial charge on any atom is 0.0990 e. The van der Waals surface area contributed by atoms with E-state index in [0.717, 1.165) is 5.56 Å². The minimum atomic E-state index is -1.57. The van der Waals surface area contributed by atoms with E-state index in [2.05, 4.69) is 46.0 Å². The van der Waals surface area contributed by atoms with Crippen molar-refractivity contribution in [3.63, 3.8) is 0 Å². The Morgan fingerprint density at radius 2 is 1.67 bits per heavy atom. The SMILES string of the molecule is CC(C)(C)[Si](C)(C)c1ccccc1C#N. The van der Waals surface area contributed by atoms with Gasteiger partial charge in [-0.2, -0.15) is 5.26 Å². The molecule has 0 bridgehead atoms. The van der Waals surface area contributed by atoms with Crippen molar-refractivity contribution in [3.05, 3.63) is 29.8 Å². The van der Waals surface area contributed by atoms with Crippen LogP contribution in [0.4, 0.5) is 0 Å². The summed E-state index contributed by atoms with van der Waals surface area (Å²) >= 11 is 0. The Labute approximate surface area is 93.8 Å². The van der Waals surface area contributed by atoms with Crippen molar-refractivity contribution in [3.8, 4) is 6.07 Å². The van der Waals surface area contributed by atoms with Gasteiger partial charge in [-0.05, 0) is 16.3 Å². The molecule has 0 aliphatic heterocycles. The highest BCUT2D eigenvalue weighted by Crippen LogP contribution is 2.35. The lowest BCUT2D eigenvalue weighted by Gasteiger charge is -2.37. The fraction of sp³-hybridized carbons (Fsp3) is 0.462. The molecule has 15 heavy (non-hydrogen) atoms. The number of hydrogen-bond acceptors (Lipinski definition) is 1. The summed E-state index contributed by atoms with van der Waals surface area (Å²) in [6.45, 7) is 11.5. The monoisotopic (exact) mass is 217 g/mol. The molecule has 1 nitrogen and oxygen atoms in total. The van der Waals surface area contributed by atoms with Crippen molar-refractivity contribution in [1.29, 1.82) is 5.26 Å². The Bertz CT molecular complexity index is 394. The zero-order valence-electron chi connectivity index (χ0n) is 10.3. The Balaban J connectivity index is 3.34. The zero-order chi connectivity index (χ0) is 11.7. The Morgan fingerprint density at radius 1 is 1.13 bits per heavy atom. The van der Waals surface area contributed by atoms with E-state index in [1.165, 1.54) is 5.19 Å². The van der Waals surface area contributed by atoms with Gasteiger partial charge >= 0.3 is 0 Å². The molecular formula is C13H19NSi. The van der Waals surface area contributed by atoms with Crippen LogP contribution in [0.25, 0.3) is 0 Å². The van der Waals surface area contributed by atoms with Crippen LogP contribution in [0.2, 0.25) is 18.1 Å². The molecular weight excluding hydrogens is 198 g/mol. The molecule has 80 valence electrons. The molecule has 1 rings (SSSR count). The van der Waals surface area contributed by atoms with Crippen LogP contribution in [-0.2, 0) is 0 Å². The fourth-order valence-corrected chi connectivity index (χ4v) is 3.66. The van der Waals surface area contributed by atoms with Crippen molar-refractivity contribution >= 4 is 13.3 Å². The van der Waals surface area contributed by atoms with Crippen LogP contribution in [0.1, 0.15) is 26.3 Å². The molecule has 2 heteroatoms. The molecule has 0 N–H and O–H groups in total. The standard InChI is InChI=1S/C13H19NSi/c1-13(2,3)15(4,5)12-9-7-6-8-11(12)10-14/h6-9H,1-5H3. The van der Waals surface area contributed by atoms with E-state index in [4.69, 9.17) is 5.26 Å². The van der Waals surface area contributed by atoms with Crippen LogP contribution < -0.4 is 5.19 Å². The molecule has 0 saturated carbocycles. The molecule has 0 radical (unpaired) electrons. The van der Waals surface area contributed by atoms with E-state index in [9.17, 15) is 0 Å². The summed E-state index contributed by atoms with van der Waals surface area (Å²) in [4.78, 5) is 0. The third-order valence-corrected chi connectivity index (χ3v) is 9.13. The van der Waals surface area contributed by atoms with Gasteiger partial charge in [0.1, 0.15) is 0 Å². The van der Waals surface area contributed by atoms with Crippen molar-refractivity contribution in [2.75, 3.05) is 0 Å². The average molecular weight is 217 g/mol. The predicted molar refractivity (Wildman–Crippen MR) is 68.0 cm³/mol. The normalized spacial score (nSPS) is 12.3. The maximum atomic E-state index is 9.12. The molecule has 0 saturated heterocycles. The second-order valence-electron chi connectivity index (χ2n) is 5.53. The first-order valence-corrected chi connectivity index (χ1v) is 8.30. The second-order valence-corrected chi connectivity index (χ2v) is 10.8. The minimum absolute atomic E-state index is 0.278. The summed E-state index contributed by atoms with van der Waals surface area (Å²) in [5, 5.41) is 10.7. The lowest BCUT2D eigenvalue weighted by Crippen LogP contribution is -2.50. The van der Waals surface area contributed by atoms with E-state index in [1.807, 2.05) is 18.2 Å². The molecule has 0 unspecified atom stereocenters. The van der Waals surface area contributed by atoms with Gasteiger partial charge in [0, 0.05) is 0 Å². The van der Waals surface area contributed by atoms with Crippen LogP contribution in [0.3, 0.4) is 0 Å². The van der Waals surface area contributed by atoms with Gasteiger partial charge in [0.2, 0.25) is 0 Å². The summed E-state index contributed by atoms with van der Waals surface area (Å²) in [7, 11) is -1.57. The first-order chi connectivity index (χ1) is 6.80. The van der Waals surface area contributed by atoms with Gasteiger partial charge < -0.3 is 0 Å². The van der Waals surface area contributed by atoms with Crippen LogP contribution >= 0.6 is 0 Å². The molecule has 1 aromatic rings. The van der Waals surface area contributed by atoms with Crippen LogP contribution in [0.15, 0.2) is 24.3 Å². The highest BCUT2D eigenvalue weighted by atomic mass is 28.3. The smallest absolute Gasteiger partial charge is 0.0990 e. The molecule has 0 amide bonds. The largest absolute Gasteiger partial charge is 0.192 e. The number of nitriles is 1. The van der Waals surface area contributed by atoms with Crippen molar-refractivity contribution in [2.45, 2.75) is 38.9 Å². The third-order valence-electron chi connectivity index (χ3n) is 3.60. The number of nitrogens with zero attached hydrogens (tertiary/aromatic N) is 1. The molecule has 0 aliphatic rings. The fourth-order valence-electron chi connectivity index (χ4n) is 1.53. The van der Waals surface area contributed by atoms with Crippen molar-refractivity contribution in [2.24, 2.45) is 0 Å². The molecule has 0 heterocycles. The zero-order valence-corrected chi connectivity index (χ0v) is 11.3. The first-order valence-electron chi connectivity index (χ1n) is 5.30. The topological polar surface area (TPSA) is 23.8 Å². The van der Waals surface area contributed by atoms with E-state index in [0.29, 0.717) is 0 Å². The highest BCUT2D eigenvalue weighted by Gasteiger charge is 2.38. The van der Waals surface area contributed by atoms with Gasteiger partial charge in [0.25, 0.3) is 0 Å². The van der Waals surface area contributed by atoms with Crippen molar-refractivity contribution in [1.82, 2.24) is 0 Å². The highest BCUT2D eigenvalue weighted by molar-refractivity contribution is 6.92. The Kier molecular flexibility index (Phi) is 3.06. The average Bonchev–Trinajstić information content (AvgIpc) is 2.16. The Morgan fingerprint density at radius 3 is 2.13 bits per heavy atom. The molecule has 0 aliphatic carbocycles. The van der Waals surface area contributed by atoms with Crippen LogP contribution in [-0.4, -0.2) is 8.07 Å². The first kappa shape index (κ1) is 12.0. The van der Waals surface area contributed by atoms with Crippen LogP contribution in [0.5, 0.6) is 0 Å². The maximum absolute atomic E-state index is 9.12. The number of hydrogen-bond donors (Lipinski definition) is 0. The van der Waals surface area contributed by atoms with E-state index >= 15 is 0 Å². The summed E-state index contributed by atoms with van der Waals surface area (Å²) < 4.78 is 0. The summed E-state index contributed by atoms with van der Waals surface area (Å²) in [5.41, 5.74) is 0.851. The summed E-state index contributed by atoms with van der Waals surface area (Å²) in [5.74, 6) is 0. The molecule has 1 aromatic carbocycles. The summed E-state index contributed by atoms with van der Waals surface area (Å²) in [6.07, 6.45) is 0. The Hall–Kier alpha value is -1.07. The van der Waals surface area contributed by atoms with Gasteiger partial charge in [-0.25, -0.2) is 0 Å². The second kappa shape index (κ2) is 3.82.